The zero-order valence-corrected chi connectivity index (χ0v) is 11.2. The summed E-state index contributed by atoms with van der Waals surface area (Å²) >= 11 is 0. The second kappa shape index (κ2) is 7.59. The first-order valence-electron chi connectivity index (χ1n) is 6.86. The third-order valence-corrected chi connectivity index (χ3v) is 3.16. The number of unbranched alkanes of at least 4 members (excludes halogenated alkanes) is 1. The van der Waals surface area contributed by atoms with Gasteiger partial charge in [-0.3, -0.25) is 0 Å². The highest BCUT2D eigenvalue weighted by Crippen LogP contribution is 2.19. The number of rotatable bonds is 7. The monoisotopic (exact) mass is 255 g/mol. The van der Waals surface area contributed by atoms with E-state index >= 15 is 0 Å². The molecule has 2 N–H and O–H groups in total. The van der Waals surface area contributed by atoms with Crippen LogP contribution in [0, 0.1) is 0 Å². The maximum absolute atomic E-state index is 8.79. The Bertz CT molecular complexity index is 482. The van der Waals surface area contributed by atoms with Crippen molar-refractivity contribution in [3.8, 4) is 0 Å². The van der Waals surface area contributed by atoms with E-state index < -0.39 is 0 Å². The van der Waals surface area contributed by atoms with Gasteiger partial charge in [0.2, 0.25) is 0 Å². The Balaban J connectivity index is 2.00. The number of benzene rings is 2. The average Bonchev–Trinajstić information content (AvgIpc) is 2.46. The van der Waals surface area contributed by atoms with Gasteiger partial charge in [-0.1, -0.05) is 48.5 Å². The number of anilines is 1. The average molecular weight is 255 g/mol. The summed E-state index contributed by atoms with van der Waals surface area (Å²) in [6.45, 7) is 1.18. The third kappa shape index (κ3) is 4.42. The van der Waals surface area contributed by atoms with E-state index in [0.717, 1.165) is 25.8 Å². The summed E-state index contributed by atoms with van der Waals surface area (Å²) in [7, 11) is 0. The number of hydrogen-bond donors (Lipinski definition) is 2. The number of nitrogens with one attached hydrogen (secondary N) is 1. The van der Waals surface area contributed by atoms with Crippen LogP contribution in [0.5, 0.6) is 0 Å². The van der Waals surface area contributed by atoms with Gasteiger partial charge in [-0.2, -0.15) is 0 Å². The molecule has 0 radical (unpaired) electrons. The summed E-state index contributed by atoms with van der Waals surface area (Å²) in [5.41, 5.74) is 3.84. The van der Waals surface area contributed by atoms with Crippen LogP contribution in [0.2, 0.25) is 0 Å². The van der Waals surface area contributed by atoms with Crippen LogP contribution < -0.4 is 5.32 Å². The van der Waals surface area contributed by atoms with Gasteiger partial charge in [0.25, 0.3) is 0 Å². The molecule has 0 aliphatic heterocycles. The van der Waals surface area contributed by atoms with Gasteiger partial charge in [-0.05, 0) is 36.5 Å². The summed E-state index contributed by atoms with van der Waals surface area (Å²) < 4.78 is 0. The molecule has 2 rings (SSSR count). The molecule has 2 nitrogen and oxygen atoms in total. The highest BCUT2D eigenvalue weighted by molar-refractivity contribution is 5.52. The molecular formula is C17H21NO. The number of hydrogen-bond acceptors (Lipinski definition) is 2. The van der Waals surface area contributed by atoms with Crippen molar-refractivity contribution in [2.45, 2.75) is 19.3 Å². The van der Waals surface area contributed by atoms with Gasteiger partial charge in [0.15, 0.2) is 0 Å². The van der Waals surface area contributed by atoms with Gasteiger partial charge in [-0.15, -0.1) is 0 Å². The van der Waals surface area contributed by atoms with Crippen LogP contribution in [0.25, 0.3) is 0 Å². The van der Waals surface area contributed by atoms with Crippen LogP contribution in [-0.4, -0.2) is 18.3 Å². The number of aliphatic hydroxyl groups is 1. The van der Waals surface area contributed by atoms with Crippen molar-refractivity contribution >= 4 is 5.69 Å². The maximum atomic E-state index is 8.79. The maximum Gasteiger partial charge on any atom is 0.0431 e. The minimum absolute atomic E-state index is 0.271. The molecule has 2 aromatic carbocycles. The van der Waals surface area contributed by atoms with E-state index in [9.17, 15) is 0 Å². The zero-order valence-electron chi connectivity index (χ0n) is 11.2. The molecule has 0 spiro atoms. The van der Waals surface area contributed by atoms with Crippen LogP contribution in [0.4, 0.5) is 5.69 Å². The molecule has 19 heavy (non-hydrogen) atoms. The van der Waals surface area contributed by atoms with Crippen molar-refractivity contribution in [1.82, 2.24) is 0 Å². The van der Waals surface area contributed by atoms with E-state index in [1.807, 2.05) is 6.07 Å². The summed E-state index contributed by atoms with van der Waals surface area (Å²) in [5, 5.41) is 12.2. The molecule has 0 aliphatic carbocycles. The van der Waals surface area contributed by atoms with Crippen molar-refractivity contribution < 1.29 is 5.11 Å². The Kier molecular flexibility index (Phi) is 5.45. The minimum Gasteiger partial charge on any atom is -0.396 e. The van der Waals surface area contributed by atoms with Crippen molar-refractivity contribution in [1.29, 1.82) is 0 Å². The van der Waals surface area contributed by atoms with E-state index in [1.165, 1.54) is 16.8 Å². The molecular weight excluding hydrogens is 234 g/mol. The Morgan fingerprint density at radius 1 is 0.842 bits per heavy atom. The largest absolute Gasteiger partial charge is 0.396 e. The Morgan fingerprint density at radius 3 is 2.37 bits per heavy atom. The second-order valence-electron chi connectivity index (χ2n) is 4.68. The zero-order chi connectivity index (χ0) is 13.3. The van der Waals surface area contributed by atoms with E-state index in [2.05, 4.69) is 53.8 Å². The molecule has 0 heterocycles. The molecule has 0 aromatic heterocycles. The molecule has 0 fully saturated rings. The fraction of sp³-hybridized carbons (Fsp3) is 0.294. The Labute approximate surface area is 115 Å². The molecule has 0 unspecified atom stereocenters. The number of aliphatic hydroxyl groups excluding tert-OH is 1. The SMILES string of the molecule is OCCCCNc1ccccc1Cc1ccccc1. The highest BCUT2D eigenvalue weighted by Gasteiger charge is 2.02. The van der Waals surface area contributed by atoms with Gasteiger partial charge >= 0.3 is 0 Å². The van der Waals surface area contributed by atoms with E-state index in [-0.39, 0.29) is 6.61 Å². The lowest BCUT2D eigenvalue weighted by molar-refractivity contribution is 0.286. The molecule has 2 aromatic rings. The minimum atomic E-state index is 0.271. The molecule has 0 saturated heterocycles. The van der Waals surface area contributed by atoms with Gasteiger partial charge in [0, 0.05) is 18.8 Å². The molecule has 0 amide bonds. The molecule has 2 heteroatoms. The van der Waals surface area contributed by atoms with E-state index in [4.69, 9.17) is 5.11 Å². The normalized spacial score (nSPS) is 10.4. The van der Waals surface area contributed by atoms with Gasteiger partial charge in [0.1, 0.15) is 0 Å². The van der Waals surface area contributed by atoms with Crippen LogP contribution >= 0.6 is 0 Å². The summed E-state index contributed by atoms with van der Waals surface area (Å²) in [6, 6.07) is 18.9. The second-order valence-corrected chi connectivity index (χ2v) is 4.68. The van der Waals surface area contributed by atoms with E-state index in [0.29, 0.717) is 0 Å². The fourth-order valence-electron chi connectivity index (χ4n) is 2.12. The predicted octanol–water partition coefficient (Wildman–Crippen LogP) is 3.46. The summed E-state index contributed by atoms with van der Waals surface area (Å²) in [5.74, 6) is 0. The Hall–Kier alpha value is -1.80. The molecule has 0 saturated carbocycles. The van der Waals surface area contributed by atoms with Crippen molar-refractivity contribution in [3.05, 3.63) is 65.7 Å². The van der Waals surface area contributed by atoms with Crippen LogP contribution in [0.15, 0.2) is 54.6 Å². The molecule has 100 valence electrons. The van der Waals surface area contributed by atoms with Crippen LogP contribution in [0.3, 0.4) is 0 Å². The van der Waals surface area contributed by atoms with E-state index in [1.54, 1.807) is 0 Å². The molecule has 0 bridgehead atoms. The summed E-state index contributed by atoms with van der Waals surface area (Å²) in [6.07, 6.45) is 2.80. The first-order chi connectivity index (χ1) is 9.40. The van der Waals surface area contributed by atoms with Crippen LogP contribution in [0.1, 0.15) is 24.0 Å². The topological polar surface area (TPSA) is 32.3 Å². The van der Waals surface area contributed by atoms with Crippen molar-refractivity contribution in [2.24, 2.45) is 0 Å². The lowest BCUT2D eigenvalue weighted by Gasteiger charge is -2.12. The van der Waals surface area contributed by atoms with Crippen LogP contribution in [-0.2, 0) is 6.42 Å². The van der Waals surface area contributed by atoms with Crippen molar-refractivity contribution in [2.75, 3.05) is 18.5 Å². The molecule has 0 aliphatic rings. The third-order valence-electron chi connectivity index (χ3n) is 3.16. The fourth-order valence-corrected chi connectivity index (χ4v) is 2.12. The smallest absolute Gasteiger partial charge is 0.0431 e. The first-order valence-corrected chi connectivity index (χ1v) is 6.86. The van der Waals surface area contributed by atoms with Gasteiger partial charge in [0.05, 0.1) is 0 Å². The first kappa shape index (κ1) is 13.6. The quantitative estimate of drug-likeness (QED) is 0.743. The predicted molar refractivity (Wildman–Crippen MR) is 80.5 cm³/mol. The lowest BCUT2D eigenvalue weighted by atomic mass is 10.0. The van der Waals surface area contributed by atoms with Gasteiger partial charge < -0.3 is 10.4 Å². The molecule has 0 atom stereocenters. The Morgan fingerprint density at radius 2 is 1.58 bits per heavy atom. The lowest BCUT2D eigenvalue weighted by Crippen LogP contribution is -2.05. The van der Waals surface area contributed by atoms with Gasteiger partial charge in [-0.25, -0.2) is 0 Å². The highest BCUT2D eigenvalue weighted by atomic mass is 16.2. The van der Waals surface area contributed by atoms with Crippen molar-refractivity contribution in [3.63, 3.8) is 0 Å². The standard InChI is InChI=1S/C17H21NO/c19-13-7-6-12-18-17-11-5-4-10-16(17)14-15-8-2-1-3-9-15/h1-5,8-11,18-19H,6-7,12-14H2. The number of para-hydroxylation sites is 1. The summed E-state index contributed by atoms with van der Waals surface area (Å²) in [4.78, 5) is 0.